The lowest BCUT2D eigenvalue weighted by atomic mass is 10.2. The molecule has 24 heavy (non-hydrogen) atoms. The van der Waals surface area contributed by atoms with Crippen LogP contribution in [-0.4, -0.2) is 32.7 Å². The molecule has 0 fully saturated rings. The summed E-state index contributed by atoms with van der Waals surface area (Å²) in [4.78, 5) is 12.1. The predicted molar refractivity (Wildman–Crippen MR) is 99.6 cm³/mol. The van der Waals surface area contributed by atoms with E-state index in [1.807, 2.05) is 22.6 Å². The van der Waals surface area contributed by atoms with Crippen molar-refractivity contribution in [1.29, 1.82) is 0 Å². The summed E-state index contributed by atoms with van der Waals surface area (Å²) in [5.74, 6) is 0.239. The van der Waals surface area contributed by atoms with Gasteiger partial charge in [-0.15, -0.1) is 0 Å². The van der Waals surface area contributed by atoms with Crippen LogP contribution >= 0.6 is 22.6 Å². The third-order valence-corrected chi connectivity index (χ3v) is 5.67. The molecule has 2 rings (SSSR count). The van der Waals surface area contributed by atoms with Gasteiger partial charge >= 0.3 is 0 Å². The Balaban J connectivity index is 2.07. The van der Waals surface area contributed by atoms with Crippen molar-refractivity contribution in [2.24, 2.45) is 0 Å². The number of amides is 1. The number of nitrogens with one attached hydrogen (secondary N) is 1. The molecular formula is C16H17IN2O4S. The molecule has 0 bridgehead atoms. The van der Waals surface area contributed by atoms with Crippen molar-refractivity contribution in [1.82, 2.24) is 9.62 Å². The molecule has 0 saturated heterocycles. The van der Waals surface area contributed by atoms with Gasteiger partial charge in [-0.3, -0.25) is 4.79 Å². The number of hydrogen-bond acceptors (Lipinski definition) is 4. The molecule has 0 spiro atoms. The molecule has 8 heteroatoms. The van der Waals surface area contributed by atoms with Crippen LogP contribution in [0.4, 0.5) is 0 Å². The average molecular weight is 460 g/mol. The van der Waals surface area contributed by atoms with Crippen molar-refractivity contribution in [2.45, 2.75) is 11.4 Å². The third-order valence-electron chi connectivity index (χ3n) is 3.18. The van der Waals surface area contributed by atoms with Crippen LogP contribution in [-0.2, 0) is 21.4 Å². The Morgan fingerprint density at radius 2 is 1.96 bits per heavy atom. The Bertz CT molecular complexity index is 856. The van der Waals surface area contributed by atoms with Crippen LogP contribution in [0.1, 0.15) is 11.3 Å². The summed E-state index contributed by atoms with van der Waals surface area (Å²) in [5, 5.41) is 2.68. The molecule has 1 N–H and O–H groups in total. The molecule has 0 atom stereocenters. The van der Waals surface area contributed by atoms with Gasteiger partial charge < -0.3 is 9.73 Å². The molecule has 1 heterocycles. The standard InChI is InChI=1S/C16H17IN2O4S/c1-19(2)24(21,22)14-6-4-3-5-12(14)11-18-16(20)10-8-13-7-9-15(17)23-13/h3-10H,11H2,1-2H3,(H,18,20)/b10-8+. The first-order valence-corrected chi connectivity index (χ1v) is 9.54. The van der Waals surface area contributed by atoms with E-state index in [0.717, 1.165) is 8.07 Å². The molecular weight excluding hydrogens is 443 g/mol. The smallest absolute Gasteiger partial charge is 0.244 e. The fourth-order valence-corrected chi connectivity index (χ4v) is 3.46. The maximum Gasteiger partial charge on any atom is 0.244 e. The van der Waals surface area contributed by atoms with Crippen molar-refractivity contribution in [2.75, 3.05) is 14.1 Å². The highest BCUT2D eigenvalue weighted by atomic mass is 127. The minimum absolute atomic E-state index is 0.113. The molecule has 2 aromatic rings. The molecule has 0 aliphatic carbocycles. The highest BCUT2D eigenvalue weighted by Gasteiger charge is 2.20. The van der Waals surface area contributed by atoms with E-state index in [1.54, 1.807) is 36.4 Å². The lowest BCUT2D eigenvalue weighted by Gasteiger charge is -2.15. The van der Waals surface area contributed by atoms with E-state index >= 15 is 0 Å². The van der Waals surface area contributed by atoms with E-state index in [2.05, 4.69) is 5.32 Å². The van der Waals surface area contributed by atoms with Gasteiger partial charge in [0.1, 0.15) is 5.76 Å². The largest absolute Gasteiger partial charge is 0.451 e. The number of furan rings is 1. The van der Waals surface area contributed by atoms with Crippen LogP contribution in [0.15, 0.2) is 51.8 Å². The van der Waals surface area contributed by atoms with Gasteiger partial charge in [-0.2, -0.15) is 0 Å². The lowest BCUT2D eigenvalue weighted by molar-refractivity contribution is -0.116. The number of rotatable bonds is 6. The van der Waals surface area contributed by atoms with Crippen molar-refractivity contribution >= 4 is 44.6 Å². The number of hydrogen-bond donors (Lipinski definition) is 1. The minimum Gasteiger partial charge on any atom is -0.451 e. The molecule has 1 aromatic heterocycles. The number of halogens is 1. The summed E-state index contributed by atoms with van der Waals surface area (Å²) >= 11 is 2.04. The van der Waals surface area contributed by atoms with E-state index < -0.39 is 10.0 Å². The lowest BCUT2D eigenvalue weighted by Crippen LogP contribution is -2.26. The first kappa shape index (κ1) is 18.7. The summed E-state index contributed by atoms with van der Waals surface area (Å²) in [6.07, 6.45) is 2.90. The fourth-order valence-electron chi connectivity index (χ4n) is 1.92. The number of nitrogens with zero attached hydrogens (tertiary/aromatic N) is 1. The van der Waals surface area contributed by atoms with Gasteiger partial charge in [-0.25, -0.2) is 12.7 Å². The Kier molecular flexibility index (Phi) is 6.19. The van der Waals surface area contributed by atoms with Crippen molar-refractivity contribution < 1.29 is 17.6 Å². The highest BCUT2D eigenvalue weighted by Crippen LogP contribution is 2.18. The van der Waals surface area contributed by atoms with Crippen LogP contribution in [0.5, 0.6) is 0 Å². The van der Waals surface area contributed by atoms with E-state index in [9.17, 15) is 13.2 Å². The first-order chi connectivity index (χ1) is 11.3. The van der Waals surface area contributed by atoms with Gasteiger partial charge in [0.15, 0.2) is 3.77 Å². The van der Waals surface area contributed by atoms with Crippen molar-refractivity contribution in [3.63, 3.8) is 0 Å². The van der Waals surface area contributed by atoms with Gasteiger partial charge in [0, 0.05) is 26.7 Å². The third kappa shape index (κ3) is 4.68. The predicted octanol–water partition coefficient (Wildman–Crippen LogP) is 2.46. The van der Waals surface area contributed by atoms with Crippen LogP contribution in [0.2, 0.25) is 0 Å². The van der Waals surface area contributed by atoms with E-state index in [-0.39, 0.29) is 17.3 Å². The molecule has 0 saturated carbocycles. The first-order valence-electron chi connectivity index (χ1n) is 7.02. The normalized spacial score (nSPS) is 12.0. The zero-order chi connectivity index (χ0) is 17.7. The summed E-state index contributed by atoms with van der Waals surface area (Å²) in [6, 6.07) is 10.1. The molecule has 0 radical (unpaired) electrons. The molecule has 1 amide bonds. The molecule has 6 nitrogen and oxygen atoms in total. The van der Waals surface area contributed by atoms with Crippen molar-refractivity contribution in [3.05, 3.63) is 57.6 Å². The Morgan fingerprint density at radius 3 is 2.58 bits per heavy atom. The second kappa shape index (κ2) is 7.95. The van der Waals surface area contributed by atoms with Crippen molar-refractivity contribution in [3.8, 4) is 0 Å². The van der Waals surface area contributed by atoms with Crippen LogP contribution in [0, 0.1) is 3.77 Å². The zero-order valence-corrected chi connectivity index (χ0v) is 16.2. The number of carbonyl (C=O) groups excluding carboxylic acids is 1. The van der Waals surface area contributed by atoms with Gasteiger partial charge in [0.05, 0.1) is 4.90 Å². The number of carbonyl (C=O) groups is 1. The maximum absolute atomic E-state index is 12.3. The zero-order valence-electron chi connectivity index (χ0n) is 13.2. The Morgan fingerprint density at radius 1 is 1.25 bits per heavy atom. The minimum atomic E-state index is -3.56. The molecule has 1 aromatic carbocycles. The molecule has 0 aliphatic rings. The Labute approximate surface area is 154 Å². The summed E-state index contributed by atoms with van der Waals surface area (Å²) in [6.45, 7) is 0.113. The van der Waals surface area contributed by atoms with Gasteiger partial charge in [-0.1, -0.05) is 18.2 Å². The quantitative estimate of drug-likeness (QED) is 0.531. The number of benzene rings is 1. The van der Waals surface area contributed by atoms with Gasteiger partial charge in [0.25, 0.3) is 0 Å². The summed E-state index contributed by atoms with van der Waals surface area (Å²) in [7, 11) is -0.619. The van der Waals surface area contributed by atoms with Gasteiger partial charge in [0.2, 0.25) is 15.9 Å². The summed E-state index contributed by atoms with van der Waals surface area (Å²) in [5.41, 5.74) is 0.528. The maximum atomic E-state index is 12.3. The number of sulfonamides is 1. The van der Waals surface area contributed by atoms with Crippen LogP contribution in [0.3, 0.4) is 0 Å². The van der Waals surface area contributed by atoms with E-state index in [0.29, 0.717) is 11.3 Å². The average Bonchev–Trinajstić information content (AvgIpc) is 2.96. The second-order valence-electron chi connectivity index (χ2n) is 5.09. The second-order valence-corrected chi connectivity index (χ2v) is 8.27. The van der Waals surface area contributed by atoms with Crippen LogP contribution < -0.4 is 5.32 Å². The SMILES string of the molecule is CN(C)S(=O)(=O)c1ccccc1CNC(=O)/C=C/c1ccc(I)o1. The molecule has 0 unspecified atom stereocenters. The molecule has 0 aliphatic heterocycles. The topological polar surface area (TPSA) is 79.6 Å². The van der Waals surface area contributed by atoms with Crippen LogP contribution in [0.25, 0.3) is 6.08 Å². The highest BCUT2D eigenvalue weighted by molar-refractivity contribution is 14.1. The fraction of sp³-hybridized carbons (Fsp3) is 0.188. The van der Waals surface area contributed by atoms with Gasteiger partial charge in [-0.05, 0) is 52.4 Å². The van der Waals surface area contributed by atoms with E-state index in [1.165, 1.54) is 26.2 Å². The molecule has 128 valence electrons. The monoisotopic (exact) mass is 460 g/mol. The Hall–Kier alpha value is -1.65. The summed E-state index contributed by atoms with van der Waals surface area (Å²) < 4.78 is 31.8. The van der Waals surface area contributed by atoms with E-state index in [4.69, 9.17) is 4.42 Å².